The van der Waals surface area contributed by atoms with Crippen molar-refractivity contribution in [3.63, 3.8) is 0 Å². The van der Waals surface area contributed by atoms with Crippen LogP contribution < -0.4 is 0 Å². The molecule has 18 heavy (non-hydrogen) atoms. The number of para-hydroxylation sites is 1. The normalized spacial score (nSPS) is 12.9. The Morgan fingerprint density at radius 2 is 2.00 bits per heavy atom. The molecule has 1 atom stereocenters. The fraction of sp³-hybridized carbons (Fsp3) is 0.200. The Hall–Kier alpha value is -2.00. The van der Waals surface area contributed by atoms with Crippen LogP contribution in [0.25, 0.3) is 11.0 Å². The van der Waals surface area contributed by atoms with E-state index in [0.717, 1.165) is 16.7 Å². The van der Waals surface area contributed by atoms with E-state index in [9.17, 15) is 5.11 Å². The van der Waals surface area contributed by atoms with Gasteiger partial charge in [0, 0.05) is 11.8 Å². The minimum absolute atomic E-state index is 0.591. The summed E-state index contributed by atoms with van der Waals surface area (Å²) in [5.41, 5.74) is 0.810. The van der Waals surface area contributed by atoms with Crippen molar-refractivity contribution in [3.05, 3.63) is 60.2 Å². The zero-order valence-electron chi connectivity index (χ0n) is 9.87. The second-order valence-electron chi connectivity index (χ2n) is 4.32. The number of benzene rings is 1. The summed E-state index contributed by atoms with van der Waals surface area (Å²) in [6.07, 6.45) is 2.34. The van der Waals surface area contributed by atoms with Crippen molar-refractivity contribution in [2.45, 2.75) is 18.9 Å². The van der Waals surface area contributed by atoms with Gasteiger partial charge in [-0.3, -0.25) is 0 Å². The SMILES string of the molecule is OC(CCc1ccco1)c1cc2ccccc2o1. The Bertz CT molecular complexity index is 589. The third kappa shape index (κ3) is 2.17. The zero-order chi connectivity index (χ0) is 12.4. The van der Waals surface area contributed by atoms with Gasteiger partial charge in [-0.15, -0.1) is 0 Å². The lowest BCUT2D eigenvalue weighted by Gasteiger charge is -2.05. The van der Waals surface area contributed by atoms with Gasteiger partial charge >= 0.3 is 0 Å². The van der Waals surface area contributed by atoms with Crippen LogP contribution in [0.4, 0.5) is 0 Å². The summed E-state index contributed by atoms with van der Waals surface area (Å²) in [5.74, 6) is 1.49. The molecule has 3 rings (SSSR count). The number of hydrogen-bond acceptors (Lipinski definition) is 3. The molecule has 0 saturated carbocycles. The maximum absolute atomic E-state index is 10.1. The summed E-state index contributed by atoms with van der Waals surface area (Å²) in [5, 5.41) is 11.1. The first-order valence-corrected chi connectivity index (χ1v) is 6.02. The maximum Gasteiger partial charge on any atom is 0.134 e. The van der Waals surface area contributed by atoms with Gasteiger partial charge in [-0.2, -0.15) is 0 Å². The predicted octanol–water partition coefficient (Wildman–Crippen LogP) is 3.69. The van der Waals surface area contributed by atoms with Crippen LogP contribution in [0.3, 0.4) is 0 Å². The van der Waals surface area contributed by atoms with Crippen molar-refractivity contribution in [2.75, 3.05) is 0 Å². The average Bonchev–Trinajstić information content (AvgIpc) is 3.04. The van der Waals surface area contributed by atoms with E-state index in [1.54, 1.807) is 6.26 Å². The molecule has 1 N–H and O–H groups in total. The van der Waals surface area contributed by atoms with Crippen molar-refractivity contribution >= 4 is 11.0 Å². The number of hydrogen-bond donors (Lipinski definition) is 1. The van der Waals surface area contributed by atoms with E-state index in [-0.39, 0.29) is 0 Å². The summed E-state index contributed by atoms with van der Waals surface area (Å²) in [4.78, 5) is 0. The molecule has 0 spiro atoms. The first kappa shape index (κ1) is 11.1. The Kier molecular flexibility index (Phi) is 2.90. The highest BCUT2D eigenvalue weighted by atomic mass is 16.4. The Balaban J connectivity index is 1.73. The van der Waals surface area contributed by atoms with Crippen LogP contribution in [0.15, 0.2) is 57.6 Å². The third-order valence-corrected chi connectivity index (χ3v) is 3.02. The fourth-order valence-electron chi connectivity index (χ4n) is 2.04. The summed E-state index contributed by atoms with van der Waals surface area (Å²) in [6.45, 7) is 0. The van der Waals surface area contributed by atoms with E-state index in [2.05, 4.69) is 0 Å². The molecule has 1 aromatic carbocycles. The van der Waals surface area contributed by atoms with Crippen molar-refractivity contribution in [3.8, 4) is 0 Å². The lowest BCUT2D eigenvalue weighted by atomic mass is 10.1. The quantitative estimate of drug-likeness (QED) is 0.758. The summed E-state index contributed by atoms with van der Waals surface area (Å²) < 4.78 is 10.9. The molecule has 3 aromatic rings. The standard InChI is InChI=1S/C15H14O3/c16-13(8-7-12-5-3-9-17-12)15-10-11-4-1-2-6-14(11)18-15/h1-6,9-10,13,16H,7-8H2. The first-order valence-electron chi connectivity index (χ1n) is 6.02. The summed E-state index contributed by atoms with van der Waals surface area (Å²) >= 11 is 0. The van der Waals surface area contributed by atoms with E-state index in [1.165, 1.54) is 0 Å². The van der Waals surface area contributed by atoms with Gasteiger partial charge in [0.1, 0.15) is 23.2 Å². The van der Waals surface area contributed by atoms with Crippen molar-refractivity contribution < 1.29 is 13.9 Å². The van der Waals surface area contributed by atoms with Crippen molar-refractivity contribution in [1.29, 1.82) is 0 Å². The molecule has 0 aliphatic carbocycles. The molecule has 3 heteroatoms. The minimum Gasteiger partial charge on any atom is -0.469 e. The van der Waals surface area contributed by atoms with Gasteiger partial charge in [-0.1, -0.05) is 18.2 Å². The van der Waals surface area contributed by atoms with E-state index in [1.807, 2.05) is 42.5 Å². The number of fused-ring (bicyclic) bond motifs is 1. The first-order chi connectivity index (χ1) is 8.83. The monoisotopic (exact) mass is 242 g/mol. The molecule has 0 aliphatic heterocycles. The zero-order valence-corrected chi connectivity index (χ0v) is 9.87. The number of aliphatic hydroxyl groups is 1. The smallest absolute Gasteiger partial charge is 0.134 e. The van der Waals surface area contributed by atoms with E-state index in [4.69, 9.17) is 8.83 Å². The molecule has 0 aliphatic rings. The van der Waals surface area contributed by atoms with E-state index >= 15 is 0 Å². The average molecular weight is 242 g/mol. The van der Waals surface area contributed by atoms with Crippen molar-refractivity contribution in [2.24, 2.45) is 0 Å². The summed E-state index contributed by atoms with van der Waals surface area (Å²) in [7, 11) is 0. The van der Waals surface area contributed by atoms with Gasteiger partial charge in [0.05, 0.1) is 6.26 Å². The molecular formula is C15H14O3. The summed E-state index contributed by atoms with van der Waals surface area (Å²) in [6, 6.07) is 13.4. The molecule has 0 radical (unpaired) electrons. The largest absolute Gasteiger partial charge is 0.469 e. The van der Waals surface area contributed by atoms with Crippen LogP contribution in [0, 0.1) is 0 Å². The highest BCUT2D eigenvalue weighted by Crippen LogP contribution is 2.26. The minimum atomic E-state index is -0.595. The second kappa shape index (κ2) is 4.70. The number of furan rings is 2. The lowest BCUT2D eigenvalue weighted by Crippen LogP contribution is -1.97. The van der Waals surface area contributed by atoms with Crippen molar-refractivity contribution in [1.82, 2.24) is 0 Å². The van der Waals surface area contributed by atoms with Gasteiger partial charge in [0.2, 0.25) is 0 Å². The molecule has 92 valence electrons. The maximum atomic E-state index is 10.1. The molecule has 3 nitrogen and oxygen atoms in total. The number of rotatable bonds is 4. The molecule has 0 fully saturated rings. The van der Waals surface area contributed by atoms with Crippen LogP contribution in [0.2, 0.25) is 0 Å². The Morgan fingerprint density at radius 1 is 1.11 bits per heavy atom. The van der Waals surface area contributed by atoms with Crippen LogP contribution in [0.1, 0.15) is 24.0 Å². The molecule has 0 saturated heterocycles. The van der Waals surface area contributed by atoms with Crippen LogP contribution in [0.5, 0.6) is 0 Å². The van der Waals surface area contributed by atoms with Gasteiger partial charge < -0.3 is 13.9 Å². The molecule has 0 amide bonds. The van der Waals surface area contributed by atoms with Gasteiger partial charge in [0.15, 0.2) is 0 Å². The third-order valence-electron chi connectivity index (χ3n) is 3.02. The van der Waals surface area contributed by atoms with E-state index in [0.29, 0.717) is 18.6 Å². The van der Waals surface area contributed by atoms with Crippen LogP contribution >= 0.6 is 0 Å². The fourth-order valence-corrected chi connectivity index (χ4v) is 2.04. The molecule has 2 aromatic heterocycles. The van der Waals surface area contributed by atoms with Gasteiger partial charge in [-0.05, 0) is 30.7 Å². The predicted molar refractivity (Wildman–Crippen MR) is 68.2 cm³/mol. The molecule has 1 unspecified atom stereocenters. The number of aryl methyl sites for hydroxylation is 1. The van der Waals surface area contributed by atoms with Gasteiger partial charge in [-0.25, -0.2) is 0 Å². The topological polar surface area (TPSA) is 46.5 Å². The molecular weight excluding hydrogens is 228 g/mol. The molecule has 2 heterocycles. The molecule has 0 bridgehead atoms. The van der Waals surface area contributed by atoms with Gasteiger partial charge in [0.25, 0.3) is 0 Å². The lowest BCUT2D eigenvalue weighted by molar-refractivity contribution is 0.141. The van der Waals surface area contributed by atoms with Crippen LogP contribution in [-0.4, -0.2) is 5.11 Å². The second-order valence-corrected chi connectivity index (χ2v) is 4.32. The Morgan fingerprint density at radius 3 is 2.78 bits per heavy atom. The Labute approximate surface area is 105 Å². The highest BCUT2D eigenvalue weighted by molar-refractivity contribution is 5.77. The number of aliphatic hydroxyl groups excluding tert-OH is 1. The highest BCUT2D eigenvalue weighted by Gasteiger charge is 2.13. The van der Waals surface area contributed by atoms with E-state index < -0.39 is 6.10 Å². The van der Waals surface area contributed by atoms with Crippen LogP contribution in [-0.2, 0) is 6.42 Å².